The topological polar surface area (TPSA) is 24.9 Å². The molecule has 1 aromatic carbocycles. The van der Waals surface area contributed by atoms with E-state index >= 15 is 0 Å². The Morgan fingerprint density at radius 1 is 1.50 bits per heavy atom. The molecule has 0 aliphatic heterocycles. The zero-order chi connectivity index (χ0) is 11.4. The molecule has 0 radical (unpaired) electrons. The standard InChI is InChI=1S/C12H13BrN2S/c1-9(10-3-2-4-11(13)5-10)14-6-12-7-16-8-15-12/h2-5,7-9,14H,6H2,1H3/t9-/m1/s1. The molecule has 84 valence electrons. The maximum Gasteiger partial charge on any atom is 0.0795 e. The average molecular weight is 297 g/mol. The van der Waals surface area contributed by atoms with Crippen LogP contribution in [0, 0.1) is 0 Å². The van der Waals surface area contributed by atoms with E-state index in [-0.39, 0.29) is 0 Å². The minimum absolute atomic E-state index is 0.333. The molecule has 2 aromatic rings. The molecule has 0 aliphatic carbocycles. The Balaban J connectivity index is 1.95. The van der Waals surface area contributed by atoms with Gasteiger partial charge in [-0.05, 0) is 24.6 Å². The first kappa shape index (κ1) is 11.8. The molecule has 0 aliphatic rings. The Bertz CT molecular complexity index is 442. The van der Waals surface area contributed by atoms with Gasteiger partial charge in [0.25, 0.3) is 0 Å². The third-order valence-corrected chi connectivity index (χ3v) is 3.55. The SMILES string of the molecule is C[C@@H](NCc1cscn1)c1cccc(Br)c1. The van der Waals surface area contributed by atoms with Crippen LogP contribution in [0.1, 0.15) is 24.2 Å². The van der Waals surface area contributed by atoms with Crippen molar-refractivity contribution in [2.24, 2.45) is 0 Å². The summed E-state index contributed by atoms with van der Waals surface area (Å²) < 4.78 is 1.12. The first-order valence-corrected chi connectivity index (χ1v) is 6.85. The molecule has 1 N–H and O–H groups in total. The quantitative estimate of drug-likeness (QED) is 0.929. The molecule has 0 bridgehead atoms. The molecule has 2 rings (SSSR count). The number of hydrogen-bond acceptors (Lipinski definition) is 3. The largest absolute Gasteiger partial charge is 0.305 e. The fourth-order valence-electron chi connectivity index (χ4n) is 1.48. The van der Waals surface area contributed by atoms with Gasteiger partial charge >= 0.3 is 0 Å². The van der Waals surface area contributed by atoms with Gasteiger partial charge in [0.1, 0.15) is 0 Å². The maximum atomic E-state index is 4.25. The highest BCUT2D eigenvalue weighted by molar-refractivity contribution is 9.10. The number of nitrogens with one attached hydrogen (secondary N) is 1. The summed E-state index contributed by atoms with van der Waals surface area (Å²) in [4.78, 5) is 4.25. The van der Waals surface area contributed by atoms with E-state index in [1.807, 2.05) is 11.6 Å². The lowest BCUT2D eigenvalue weighted by molar-refractivity contribution is 0.569. The zero-order valence-electron chi connectivity index (χ0n) is 8.98. The third kappa shape index (κ3) is 3.14. The van der Waals surface area contributed by atoms with Crippen LogP contribution in [0.3, 0.4) is 0 Å². The van der Waals surface area contributed by atoms with Crippen LogP contribution in [-0.4, -0.2) is 4.98 Å². The third-order valence-electron chi connectivity index (χ3n) is 2.42. The minimum atomic E-state index is 0.333. The highest BCUT2D eigenvalue weighted by atomic mass is 79.9. The van der Waals surface area contributed by atoms with Gasteiger partial charge in [0.05, 0.1) is 11.2 Å². The number of halogens is 1. The number of hydrogen-bond donors (Lipinski definition) is 1. The lowest BCUT2D eigenvalue weighted by Gasteiger charge is -2.13. The van der Waals surface area contributed by atoms with Gasteiger partial charge in [-0.3, -0.25) is 0 Å². The molecule has 2 nitrogen and oxygen atoms in total. The molecule has 0 saturated carbocycles. The zero-order valence-corrected chi connectivity index (χ0v) is 11.4. The highest BCUT2D eigenvalue weighted by Gasteiger charge is 2.05. The van der Waals surface area contributed by atoms with Crippen molar-refractivity contribution in [1.82, 2.24) is 10.3 Å². The number of rotatable bonds is 4. The van der Waals surface area contributed by atoms with Crippen LogP contribution in [0.4, 0.5) is 0 Å². The van der Waals surface area contributed by atoms with Gasteiger partial charge in [-0.25, -0.2) is 4.98 Å². The molecule has 0 fully saturated rings. The van der Waals surface area contributed by atoms with Crippen molar-refractivity contribution in [1.29, 1.82) is 0 Å². The lowest BCUT2D eigenvalue weighted by Crippen LogP contribution is -2.18. The summed E-state index contributed by atoms with van der Waals surface area (Å²) >= 11 is 5.11. The van der Waals surface area contributed by atoms with Crippen LogP contribution in [0.25, 0.3) is 0 Å². The van der Waals surface area contributed by atoms with Gasteiger partial charge in [-0.1, -0.05) is 28.1 Å². The fraction of sp³-hybridized carbons (Fsp3) is 0.250. The van der Waals surface area contributed by atoms with Gasteiger partial charge in [0.2, 0.25) is 0 Å². The van der Waals surface area contributed by atoms with E-state index in [4.69, 9.17) is 0 Å². The van der Waals surface area contributed by atoms with E-state index in [2.05, 4.69) is 56.7 Å². The van der Waals surface area contributed by atoms with Crippen molar-refractivity contribution < 1.29 is 0 Å². The smallest absolute Gasteiger partial charge is 0.0795 e. The summed E-state index contributed by atoms with van der Waals surface area (Å²) in [5.74, 6) is 0. The van der Waals surface area contributed by atoms with E-state index in [0.717, 1.165) is 16.7 Å². The Morgan fingerprint density at radius 3 is 3.06 bits per heavy atom. The van der Waals surface area contributed by atoms with Crippen LogP contribution < -0.4 is 5.32 Å². The fourth-order valence-corrected chi connectivity index (χ4v) is 2.45. The maximum absolute atomic E-state index is 4.25. The molecule has 4 heteroatoms. The number of nitrogens with zero attached hydrogens (tertiary/aromatic N) is 1. The van der Waals surface area contributed by atoms with Crippen molar-refractivity contribution in [3.05, 3.63) is 50.9 Å². The van der Waals surface area contributed by atoms with E-state index < -0.39 is 0 Å². The van der Waals surface area contributed by atoms with Gasteiger partial charge in [0, 0.05) is 22.4 Å². The first-order valence-electron chi connectivity index (χ1n) is 5.11. The molecule has 1 heterocycles. The lowest BCUT2D eigenvalue weighted by atomic mass is 10.1. The van der Waals surface area contributed by atoms with Crippen molar-refractivity contribution in [2.75, 3.05) is 0 Å². The average Bonchev–Trinajstić information content (AvgIpc) is 2.78. The van der Waals surface area contributed by atoms with E-state index in [9.17, 15) is 0 Å². The predicted octanol–water partition coefficient (Wildman–Crippen LogP) is 3.76. The van der Waals surface area contributed by atoms with Crippen molar-refractivity contribution in [2.45, 2.75) is 19.5 Å². The van der Waals surface area contributed by atoms with Crippen LogP contribution in [-0.2, 0) is 6.54 Å². The summed E-state index contributed by atoms with van der Waals surface area (Å²) in [5.41, 5.74) is 4.25. The van der Waals surface area contributed by atoms with Gasteiger partial charge in [-0.2, -0.15) is 0 Å². The van der Waals surface area contributed by atoms with E-state index in [1.165, 1.54) is 5.56 Å². The minimum Gasteiger partial charge on any atom is -0.305 e. The summed E-state index contributed by atoms with van der Waals surface area (Å²) in [7, 11) is 0. The Labute approximate surface area is 108 Å². The predicted molar refractivity (Wildman–Crippen MR) is 71.5 cm³/mol. The van der Waals surface area contributed by atoms with Crippen LogP contribution >= 0.6 is 27.3 Å². The van der Waals surface area contributed by atoms with Crippen LogP contribution in [0.15, 0.2) is 39.6 Å². The molecule has 0 spiro atoms. The molecule has 1 aromatic heterocycles. The van der Waals surface area contributed by atoms with E-state index in [0.29, 0.717) is 6.04 Å². The Morgan fingerprint density at radius 2 is 2.38 bits per heavy atom. The molecule has 0 amide bonds. The monoisotopic (exact) mass is 296 g/mol. The second-order valence-corrected chi connectivity index (χ2v) is 5.27. The summed E-state index contributed by atoms with van der Waals surface area (Å²) in [6, 6.07) is 8.69. The van der Waals surface area contributed by atoms with Crippen molar-refractivity contribution in [3.63, 3.8) is 0 Å². The first-order chi connectivity index (χ1) is 7.75. The second kappa shape index (κ2) is 5.57. The molecule has 0 unspecified atom stereocenters. The molecular weight excluding hydrogens is 284 g/mol. The van der Waals surface area contributed by atoms with Crippen molar-refractivity contribution in [3.8, 4) is 0 Å². The molecule has 0 saturated heterocycles. The number of benzene rings is 1. The number of thiazole rings is 1. The summed E-state index contributed by atoms with van der Waals surface area (Å²) in [6.07, 6.45) is 0. The van der Waals surface area contributed by atoms with Crippen molar-refractivity contribution >= 4 is 27.3 Å². The van der Waals surface area contributed by atoms with Crippen LogP contribution in [0.2, 0.25) is 0 Å². The second-order valence-electron chi connectivity index (χ2n) is 3.64. The van der Waals surface area contributed by atoms with Crippen LogP contribution in [0.5, 0.6) is 0 Å². The Kier molecular flexibility index (Phi) is 4.09. The highest BCUT2D eigenvalue weighted by Crippen LogP contribution is 2.18. The Hall–Kier alpha value is -0.710. The van der Waals surface area contributed by atoms with Gasteiger partial charge < -0.3 is 5.32 Å². The summed E-state index contributed by atoms with van der Waals surface area (Å²) in [6.45, 7) is 2.98. The van der Waals surface area contributed by atoms with Gasteiger partial charge in [0.15, 0.2) is 0 Å². The molecule has 1 atom stereocenters. The molecule has 16 heavy (non-hydrogen) atoms. The number of aromatic nitrogens is 1. The molecular formula is C12H13BrN2S. The van der Waals surface area contributed by atoms with E-state index in [1.54, 1.807) is 11.3 Å². The summed E-state index contributed by atoms with van der Waals surface area (Å²) in [5, 5.41) is 5.52. The normalized spacial score (nSPS) is 12.6. The van der Waals surface area contributed by atoms with Gasteiger partial charge in [-0.15, -0.1) is 11.3 Å².